The van der Waals surface area contributed by atoms with E-state index >= 15 is 0 Å². The molecule has 408 valence electrons. The summed E-state index contributed by atoms with van der Waals surface area (Å²) >= 11 is 0. The predicted octanol–water partition coefficient (Wildman–Crippen LogP) is 9.85. The van der Waals surface area contributed by atoms with Gasteiger partial charge in [0.25, 0.3) is 0 Å². The van der Waals surface area contributed by atoms with Gasteiger partial charge < -0.3 is 30.3 Å². The zero-order chi connectivity index (χ0) is 52.1. The Labute approximate surface area is 451 Å². The third-order valence-corrected chi connectivity index (χ3v) is 17.4. The number of nitrogens with zero attached hydrogens (tertiary/aromatic N) is 12. The fourth-order valence-corrected chi connectivity index (χ4v) is 12.4. The number of hydrogen-bond donors (Lipinski definition) is 3. The Bertz CT molecular complexity index is 2810. The molecule has 11 rings (SSSR count). The van der Waals surface area contributed by atoms with Crippen LogP contribution in [-0.4, -0.2) is 155 Å². The van der Waals surface area contributed by atoms with Gasteiger partial charge in [-0.3, -0.25) is 9.80 Å². The summed E-state index contributed by atoms with van der Waals surface area (Å²) in [6, 6.07) is 18.8. The molecule has 6 aromatic rings. The number of fused-ring (bicyclic) bond motifs is 2. The van der Waals surface area contributed by atoms with E-state index < -0.39 is 0 Å². The Morgan fingerprint density at radius 1 is 0.645 bits per heavy atom. The summed E-state index contributed by atoms with van der Waals surface area (Å²) in [5.41, 5.74) is 8.46. The van der Waals surface area contributed by atoms with Gasteiger partial charge in [-0.25, -0.2) is 19.3 Å². The predicted molar refractivity (Wildman–Crippen MR) is 304 cm³/mol. The smallest absolute Gasteiger partial charge is 0.224 e. The third kappa shape index (κ3) is 13.1. The van der Waals surface area contributed by atoms with Crippen molar-refractivity contribution in [3.8, 4) is 22.5 Å². The molecule has 5 aliphatic rings. The highest BCUT2D eigenvalue weighted by Gasteiger charge is 2.33. The number of anilines is 2. The van der Waals surface area contributed by atoms with E-state index in [2.05, 4.69) is 123 Å². The monoisotopic (exact) mass is 1030 g/mol. The van der Waals surface area contributed by atoms with E-state index in [4.69, 9.17) is 34.9 Å². The summed E-state index contributed by atoms with van der Waals surface area (Å²) in [6.07, 6.45) is 20.1. The second kappa shape index (κ2) is 24.3. The minimum Gasteiger partial charge on any atom is -0.393 e. The summed E-state index contributed by atoms with van der Waals surface area (Å²) < 4.78 is 11.4. The molecule has 4 aromatic heterocycles. The van der Waals surface area contributed by atoms with Gasteiger partial charge in [-0.2, -0.15) is 20.2 Å². The molecule has 2 saturated heterocycles. The average Bonchev–Trinajstić information content (AvgIpc) is 4.12. The molecule has 2 aromatic carbocycles. The minimum atomic E-state index is -0.232. The second-order valence-electron chi connectivity index (χ2n) is 23.9. The Morgan fingerprint density at radius 2 is 1.25 bits per heavy atom. The molecular formula is C60H86N14O2. The van der Waals surface area contributed by atoms with Gasteiger partial charge >= 0.3 is 0 Å². The first-order valence-corrected chi connectivity index (χ1v) is 29.4. The maximum absolute atomic E-state index is 10.3. The zero-order valence-electron chi connectivity index (χ0n) is 46.3. The molecule has 0 radical (unpaired) electrons. The van der Waals surface area contributed by atoms with Crippen molar-refractivity contribution in [3.05, 3.63) is 72.1 Å². The zero-order valence-corrected chi connectivity index (χ0v) is 46.3. The third-order valence-electron chi connectivity index (χ3n) is 17.4. The molecule has 0 bridgehead atoms. The Balaban J connectivity index is 0.743. The lowest BCUT2D eigenvalue weighted by molar-refractivity contribution is -0.142. The van der Waals surface area contributed by atoms with Crippen molar-refractivity contribution in [2.24, 2.45) is 11.8 Å². The van der Waals surface area contributed by atoms with Crippen molar-refractivity contribution in [1.82, 2.24) is 59.1 Å². The first-order valence-electron chi connectivity index (χ1n) is 29.4. The van der Waals surface area contributed by atoms with Gasteiger partial charge in [-0.05, 0) is 115 Å². The fraction of sp³-hybridized carbons (Fsp3) is 0.633. The number of aromatic nitrogens is 8. The maximum atomic E-state index is 10.3. The van der Waals surface area contributed by atoms with Crippen LogP contribution in [0.4, 0.5) is 11.9 Å². The molecule has 6 heterocycles. The van der Waals surface area contributed by atoms with Gasteiger partial charge in [0.15, 0.2) is 11.3 Å². The molecule has 16 nitrogen and oxygen atoms in total. The van der Waals surface area contributed by atoms with Gasteiger partial charge in [0.1, 0.15) is 17.6 Å². The molecular weight excluding hydrogens is 949 g/mol. The van der Waals surface area contributed by atoms with E-state index in [0.717, 1.165) is 180 Å². The van der Waals surface area contributed by atoms with Crippen molar-refractivity contribution in [3.63, 3.8) is 0 Å². The number of ether oxygens (including phenoxy) is 1. The summed E-state index contributed by atoms with van der Waals surface area (Å²) in [7, 11) is 4.43. The van der Waals surface area contributed by atoms with E-state index in [-0.39, 0.29) is 24.5 Å². The first kappa shape index (κ1) is 52.9. The van der Waals surface area contributed by atoms with Crippen molar-refractivity contribution in [1.29, 1.82) is 0 Å². The molecule has 76 heavy (non-hydrogen) atoms. The lowest BCUT2D eigenvalue weighted by Gasteiger charge is -2.42. The van der Waals surface area contributed by atoms with Crippen molar-refractivity contribution in [2.45, 2.75) is 173 Å². The summed E-state index contributed by atoms with van der Waals surface area (Å²) in [6.45, 7) is 16.7. The van der Waals surface area contributed by atoms with Gasteiger partial charge in [0.05, 0.1) is 29.0 Å². The summed E-state index contributed by atoms with van der Waals surface area (Å²) in [5, 5.41) is 30.1. The SMILES string of the molecule is CCCCC[C@H](C)Nc1ncc2c(-c3ccc(CN4CCN(C)CC4)cc3)nn(CC3CCC(OC4CN(C)CCN4Cc4ccc(-c5nn(C6CCC(O)CC6)c6nc(NC(C)CC7CC7)ncc56)cc4)CC3)c2n1. The van der Waals surface area contributed by atoms with Gasteiger partial charge in [-0.1, -0.05) is 87.6 Å². The number of aliphatic hydroxyl groups excluding tert-OH is 1. The van der Waals surface area contributed by atoms with Crippen LogP contribution in [0.5, 0.6) is 0 Å². The van der Waals surface area contributed by atoms with Crippen molar-refractivity contribution < 1.29 is 9.84 Å². The topological polar surface area (TPSA) is 154 Å². The highest BCUT2D eigenvalue weighted by atomic mass is 16.5. The van der Waals surface area contributed by atoms with Crippen LogP contribution >= 0.6 is 0 Å². The highest BCUT2D eigenvalue weighted by molar-refractivity contribution is 5.92. The van der Waals surface area contributed by atoms with Crippen molar-refractivity contribution in [2.75, 3.05) is 70.5 Å². The van der Waals surface area contributed by atoms with E-state index in [1.165, 1.54) is 43.2 Å². The quantitative estimate of drug-likeness (QED) is 0.0586. The fourth-order valence-electron chi connectivity index (χ4n) is 12.4. The molecule has 3 N–H and O–H groups in total. The van der Waals surface area contributed by atoms with E-state index in [1.54, 1.807) is 0 Å². The number of rotatable bonds is 21. The number of piperazine rings is 2. The number of aliphatic hydroxyl groups is 1. The normalized spacial score (nSPS) is 24.3. The summed E-state index contributed by atoms with van der Waals surface area (Å²) in [4.78, 5) is 29.9. The van der Waals surface area contributed by atoms with Crippen LogP contribution in [0.3, 0.4) is 0 Å². The van der Waals surface area contributed by atoms with Gasteiger partial charge in [-0.15, -0.1) is 0 Å². The van der Waals surface area contributed by atoms with Crippen LogP contribution in [0.15, 0.2) is 60.9 Å². The highest BCUT2D eigenvalue weighted by Crippen LogP contribution is 2.38. The largest absolute Gasteiger partial charge is 0.393 e. The van der Waals surface area contributed by atoms with Gasteiger partial charge in [0.2, 0.25) is 11.9 Å². The number of unbranched alkanes of at least 4 members (excludes halogenated alkanes) is 2. The van der Waals surface area contributed by atoms with Crippen LogP contribution in [0, 0.1) is 11.8 Å². The lowest BCUT2D eigenvalue weighted by atomic mass is 9.87. The summed E-state index contributed by atoms with van der Waals surface area (Å²) in [5.74, 6) is 2.66. The van der Waals surface area contributed by atoms with Crippen LogP contribution in [0.2, 0.25) is 0 Å². The molecule has 16 heteroatoms. The van der Waals surface area contributed by atoms with E-state index in [0.29, 0.717) is 29.9 Å². The number of likely N-dealkylation sites (N-methyl/N-ethyl adjacent to an activating group) is 2. The minimum absolute atomic E-state index is 0.0260. The average molecular weight is 1040 g/mol. The lowest BCUT2D eigenvalue weighted by Crippen LogP contribution is -2.53. The number of benzene rings is 2. The Kier molecular flexibility index (Phi) is 16.9. The van der Waals surface area contributed by atoms with Crippen LogP contribution in [0.25, 0.3) is 44.6 Å². The Morgan fingerprint density at radius 3 is 1.92 bits per heavy atom. The van der Waals surface area contributed by atoms with Crippen LogP contribution < -0.4 is 10.6 Å². The Hall–Kier alpha value is -5.10. The molecule has 3 saturated carbocycles. The molecule has 0 amide bonds. The number of nitrogens with one attached hydrogen (secondary N) is 2. The maximum Gasteiger partial charge on any atom is 0.224 e. The number of hydrogen-bond acceptors (Lipinski definition) is 14. The van der Waals surface area contributed by atoms with Gasteiger partial charge in [0, 0.05) is 101 Å². The molecule has 3 atom stereocenters. The van der Waals surface area contributed by atoms with E-state index in [9.17, 15) is 5.11 Å². The second-order valence-corrected chi connectivity index (χ2v) is 23.9. The van der Waals surface area contributed by atoms with Crippen LogP contribution in [-0.2, 0) is 24.4 Å². The molecule has 0 spiro atoms. The molecule has 5 fully saturated rings. The molecule has 2 unspecified atom stereocenters. The van der Waals surface area contributed by atoms with Crippen molar-refractivity contribution >= 4 is 34.0 Å². The van der Waals surface area contributed by atoms with E-state index in [1.807, 2.05) is 12.4 Å². The molecule has 3 aliphatic carbocycles. The standard InChI is InChI=1S/C60H86N14O2/c1-6-7-8-9-41(2)63-59-61-35-52-55(47-18-12-44(13-19-47)37-71-31-28-69(4)29-32-71)67-73(57(52)65-59)39-46-16-26-51(27-17-46)76-54-40-70(5)30-33-72(54)38-45-14-20-48(21-15-45)56-53-36-62-60(64-42(3)34-43-10-11-43)66-58(53)74(68-56)49-22-24-50(75)25-23-49/h12-15,18-21,35-36,41-43,46,49-51,54,75H,6-11,16-17,22-34,37-40H2,1-5H3,(H,61,63,65)(H,62,64,66)/t41-,42?,46?,49?,50?,51?,54?/m0/s1. The van der Waals surface area contributed by atoms with Crippen LogP contribution in [0.1, 0.15) is 134 Å². The molecule has 2 aliphatic heterocycles. The first-order chi connectivity index (χ1) is 37.1.